The molecule has 0 bridgehead atoms. The second-order valence-corrected chi connectivity index (χ2v) is 3.27. The van der Waals surface area contributed by atoms with Gasteiger partial charge in [0.1, 0.15) is 0 Å². The molecule has 1 aliphatic rings. The average Bonchev–Trinajstić information content (AvgIpc) is 2.09. The fourth-order valence-electron chi connectivity index (χ4n) is 1.61. The molecule has 0 spiro atoms. The molecule has 12 heavy (non-hydrogen) atoms. The largest absolute Gasteiger partial charge is 0.467 e. The highest BCUT2D eigenvalue weighted by atomic mass is 16.5. The topological polar surface area (TPSA) is 72.5 Å². The molecule has 0 aromatic carbocycles. The van der Waals surface area contributed by atoms with Crippen molar-refractivity contribution in [2.24, 2.45) is 5.73 Å². The van der Waals surface area contributed by atoms with Crippen LogP contribution in [0.4, 0.5) is 0 Å². The molecular formula is C8H15NO3. The molecule has 1 aliphatic carbocycles. The molecule has 0 amide bonds. The number of carbonyl (C=O) groups excluding carboxylic acids is 1. The van der Waals surface area contributed by atoms with Gasteiger partial charge in [-0.2, -0.15) is 0 Å². The third kappa shape index (κ3) is 1.44. The van der Waals surface area contributed by atoms with Crippen LogP contribution in [0.3, 0.4) is 0 Å². The smallest absolute Gasteiger partial charge is 0.339 e. The molecule has 2 atom stereocenters. The molecule has 0 aromatic rings. The lowest BCUT2D eigenvalue weighted by Gasteiger charge is -2.34. The molecule has 0 heterocycles. The number of hydrogen-bond acceptors (Lipinski definition) is 4. The summed E-state index contributed by atoms with van der Waals surface area (Å²) in [7, 11) is 1.27. The van der Waals surface area contributed by atoms with Crippen LogP contribution in [0.15, 0.2) is 0 Å². The number of ether oxygens (including phenoxy) is 1. The number of carbonyl (C=O) groups is 1. The molecule has 1 rings (SSSR count). The minimum atomic E-state index is -1.44. The maximum Gasteiger partial charge on any atom is 0.339 e. The number of hydrogen-bond donors (Lipinski definition) is 2. The zero-order valence-electron chi connectivity index (χ0n) is 7.25. The summed E-state index contributed by atoms with van der Waals surface area (Å²) in [6.45, 7) is 0. The van der Waals surface area contributed by atoms with E-state index in [0.29, 0.717) is 12.8 Å². The van der Waals surface area contributed by atoms with Crippen LogP contribution in [0, 0.1) is 0 Å². The number of nitrogens with two attached hydrogens (primary N) is 1. The third-order valence-electron chi connectivity index (χ3n) is 2.48. The van der Waals surface area contributed by atoms with E-state index in [2.05, 4.69) is 4.74 Å². The fraction of sp³-hybridized carbons (Fsp3) is 0.875. The molecule has 4 nitrogen and oxygen atoms in total. The Bertz CT molecular complexity index is 183. The van der Waals surface area contributed by atoms with Gasteiger partial charge in [0, 0.05) is 6.04 Å². The van der Waals surface area contributed by atoms with Gasteiger partial charge in [0.25, 0.3) is 0 Å². The van der Waals surface area contributed by atoms with Gasteiger partial charge in [0.15, 0.2) is 5.60 Å². The Balaban J connectivity index is 2.72. The molecule has 0 radical (unpaired) electrons. The van der Waals surface area contributed by atoms with Crippen molar-refractivity contribution in [3.8, 4) is 0 Å². The summed E-state index contributed by atoms with van der Waals surface area (Å²) >= 11 is 0. The zero-order chi connectivity index (χ0) is 9.19. The third-order valence-corrected chi connectivity index (χ3v) is 2.48. The van der Waals surface area contributed by atoms with E-state index in [9.17, 15) is 9.90 Å². The molecule has 3 N–H and O–H groups in total. The SMILES string of the molecule is COC(=O)[C@@]1(O)CCCC[C@H]1N. The zero-order valence-corrected chi connectivity index (χ0v) is 7.25. The Morgan fingerprint density at radius 1 is 1.67 bits per heavy atom. The van der Waals surface area contributed by atoms with Gasteiger partial charge in [-0.1, -0.05) is 6.42 Å². The predicted octanol–water partition coefficient (Wildman–Crippen LogP) is -0.208. The molecule has 4 heteroatoms. The molecular weight excluding hydrogens is 158 g/mol. The highest BCUT2D eigenvalue weighted by molar-refractivity contribution is 5.80. The van der Waals surface area contributed by atoms with Crippen molar-refractivity contribution in [3.63, 3.8) is 0 Å². The van der Waals surface area contributed by atoms with Gasteiger partial charge in [-0.3, -0.25) is 0 Å². The summed E-state index contributed by atoms with van der Waals surface area (Å²) in [4.78, 5) is 11.1. The van der Waals surface area contributed by atoms with Gasteiger partial charge in [0.2, 0.25) is 0 Å². The summed E-state index contributed by atoms with van der Waals surface area (Å²) in [6, 6.07) is -0.473. The minimum absolute atomic E-state index is 0.418. The highest BCUT2D eigenvalue weighted by Crippen LogP contribution is 2.28. The first-order valence-corrected chi connectivity index (χ1v) is 4.17. The van der Waals surface area contributed by atoms with E-state index < -0.39 is 17.6 Å². The van der Waals surface area contributed by atoms with Crippen molar-refractivity contribution in [2.75, 3.05) is 7.11 Å². The molecule has 70 valence electrons. The predicted molar refractivity (Wildman–Crippen MR) is 43.4 cm³/mol. The average molecular weight is 173 g/mol. The Morgan fingerprint density at radius 3 is 2.83 bits per heavy atom. The molecule has 0 aliphatic heterocycles. The van der Waals surface area contributed by atoms with Crippen LogP contribution in [-0.2, 0) is 9.53 Å². The summed E-state index contributed by atoms with van der Waals surface area (Å²) in [5.74, 6) is -0.602. The van der Waals surface area contributed by atoms with Gasteiger partial charge in [0.05, 0.1) is 7.11 Å². The lowest BCUT2D eigenvalue weighted by Crippen LogP contribution is -2.56. The van der Waals surface area contributed by atoms with Crippen LogP contribution in [0.5, 0.6) is 0 Å². The van der Waals surface area contributed by atoms with Gasteiger partial charge in [-0.05, 0) is 19.3 Å². The van der Waals surface area contributed by atoms with Crippen LogP contribution in [0.25, 0.3) is 0 Å². The second-order valence-electron chi connectivity index (χ2n) is 3.27. The Morgan fingerprint density at radius 2 is 2.33 bits per heavy atom. The monoisotopic (exact) mass is 173 g/mol. The summed E-state index contributed by atoms with van der Waals surface area (Å²) in [5.41, 5.74) is 4.20. The van der Waals surface area contributed by atoms with Crippen molar-refractivity contribution in [1.82, 2.24) is 0 Å². The summed E-state index contributed by atoms with van der Waals surface area (Å²) in [6.07, 6.45) is 2.91. The Kier molecular flexibility index (Phi) is 2.69. The summed E-state index contributed by atoms with van der Waals surface area (Å²) in [5, 5.41) is 9.81. The van der Waals surface area contributed by atoms with Gasteiger partial charge in [-0.15, -0.1) is 0 Å². The van der Waals surface area contributed by atoms with E-state index in [4.69, 9.17) is 5.73 Å². The lowest BCUT2D eigenvalue weighted by molar-refractivity contribution is -0.167. The van der Waals surface area contributed by atoms with E-state index >= 15 is 0 Å². The first-order valence-electron chi connectivity index (χ1n) is 4.17. The lowest BCUT2D eigenvalue weighted by atomic mass is 9.81. The number of esters is 1. The van der Waals surface area contributed by atoms with E-state index in [-0.39, 0.29) is 0 Å². The van der Waals surface area contributed by atoms with Crippen LogP contribution in [0.2, 0.25) is 0 Å². The maximum absolute atomic E-state index is 11.1. The Labute approximate surface area is 71.7 Å². The standard InChI is InChI=1S/C8H15NO3/c1-12-7(10)8(11)5-3-2-4-6(8)9/h6,11H,2-5,9H2,1H3/t6-,8-/m1/s1. The quantitative estimate of drug-likeness (QED) is 0.538. The van der Waals surface area contributed by atoms with E-state index in [1.54, 1.807) is 0 Å². The highest BCUT2D eigenvalue weighted by Gasteiger charge is 2.44. The van der Waals surface area contributed by atoms with E-state index in [1.807, 2.05) is 0 Å². The van der Waals surface area contributed by atoms with Crippen molar-refractivity contribution < 1.29 is 14.6 Å². The van der Waals surface area contributed by atoms with Crippen LogP contribution >= 0.6 is 0 Å². The number of aliphatic hydroxyl groups is 1. The normalized spacial score (nSPS) is 36.1. The van der Waals surface area contributed by atoms with Crippen LogP contribution < -0.4 is 5.73 Å². The number of methoxy groups -OCH3 is 1. The molecule has 0 unspecified atom stereocenters. The van der Waals surface area contributed by atoms with Gasteiger partial charge >= 0.3 is 5.97 Å². The molecule has 0 saturated heterocycles. The van der Waals surface area contributed by atoms with Crippen LogP contribution in [0.1, 0.15) is 25.7 Å². The van der Waals surface area contributed by atoms with Crippen molar-refractivity contribution in [3.05, 3.63) is 0 Å². The van der Waals surface area contributed by atoms with Crippen molar-refractivity contribution in [1.29, 1.82) is 0 Å². The minimum Gasteiger partial charge on any atom is -0.467 e. The van der Waals surface area contributed by atoms with Gasteiger partial charge < -0.3 is 15.6 Å². The second kappa shape index (κ2) is 3.41. The van der Waals surface area contributed by atoms with E-state index in [0.717, 1.165) is 12.8 Å². The first-order chi connectivity index (χ1) is 5.61. The molecule has 1 fully saturated rings. The van der Waals surface area contributed by atoms with Crippen LogP contribution in [-0.4, -0.2) is 29.8 Å². The maximum atomic E-state index is 11.1. The Hall–Kier alpha value is -0.610. The molecule has 0 aromatic heterocycles. The van der Waals surface area contributed by atoms with Gasteiger partial charge in [-0.25, -0.2) is 4.79 Å². The fourth-order valence-corrected chi connectivity index (χ4v) is 1.61. The van der Waals surface area contributed by atoms with Crippen molar-refractivity contribution >= 4 is 5.97 Å². The summed E-state index contributed by atoms with van der Waals surface area (Å²) < 4.78 is 4.49. The van der Waals surface area contributed by atoms with E-state index in [1.165, 1.54) is 7.11 Å². The molecule has 1 saturated carbocycles. The first kappa shape index (κ1) is 9.48. The number of rotatable bonds is 1. The van der Waals surface area contributed by atoms with Crippen molar-refractivity contribution in [2.45, 2.75) is 37.3 Å².